The van der Waals surface area contributed by atoms with Gasteiger partial charge in [0.1, 0.15) is 11.5 Å². The van der Waals surface area contributed by atoms with Crippen LogP contribution in [-0.4, -0.2) is 30.1 Å². The highest BCUT2D eigenvalue weighted by Gasteiger charge is 2.58. The summed E-state index contributed by atoms with van der Waals surface area (Å²) >= 11 is 0. The van der Waals surface area contributed by atoms with Gasteiger partial charge in [-0.15, -0.1) is 0 Å². The first kappa shape index (κ1) is 30.2. The highest BCUT2D eigenvalue weighted by atomic mass is 19.4. The molecule has 0 fully saturated rings. The molecule has 0 saturated heterocycles. The van der Waals surface area contributed by atoms with Gasteiger partial charge in [-0.25, -0.2) is 0 Å². The molecule has 3 rings (SSSR count). The van der Waals surface area contributed by atoms with Gasteiger partial charge in [0.25, 0.3) is 0 Å². The number of aliphatic hydroxyl groups is 1. The number of ether oxygens (including phenoxy) is 1. The minimum absolute atomic E-state index is 0.110. The maximum atomic E-state index is 13.9. The molecule has 1 atom stereocenters. The topological polar surface area (TPSA) is 32.7 Å². The number of anilines is 1. The van der Waals surface area contributed by atoms with Gasteiger partial charge in [-0.05, 0) is 54.3 Å². The van der Waals surface area contributed by atoms with Gasteiger partial charge in [-0.3, -0.25) is 0 Å². The summed E-state index contributed by atoms with van der Waals surface area (Å²) in [4.78, 5) is 1.04. The zero-order valence-electron chi connectivity index (χ0n) is 20.9. The molecular formula is C28H27F8NO2. The second-order valence-electron chi connectivity index (χ2n) is 9.06. The average molecular weight is 562 g/mol. The number of unbranched alkanes of at least 4 members (excludes halogenated alkanes) is 1. The van der Waals surface area contributed by atoms with Crippen molar-refractivity contribution >= 4 is 5.69 Å². The van der Waals surface area contributed by atoms with E-state index in [1.165, 1.54) is 24.3 Å². The number of halogens is 8. The van der Waals surface area contributed by atoms with Crippen molar-refractivity contribution in [2.45, 2.75) is 57.1 Å². The molecule has 0 spiro atoms. The van der Waals surface area contributed by atoms with Crippen LogP contribution >= 0.6 is 0 Å². The third-order valence-corrected chi connectivity index (χ3v) is 5.93. The molecule has 0 heterocycles. The highest BCUT2D eigenvalue weighted by Crippen LogP contribution is 2.44. The molecule has 0 radical (unpaired) electrons. The molecule has 39 heavy (non-hydrogen) atoms. The smallest absolute Gasteiger partial charge is 0.457 e. The maximum absolute atomic E-state index is 13.9. The fraction of sp³-hybridized carbons (Fsp3) is 0.357. The van der Waals surface area contributed by atoms with Gasteiger partial charge in [-0.2, -0.15) is 35.1 Å². The number of rotatable bonds is 11. The predicted octanol–water partition coefficient (Wildman–Crippen LogP) is 8.41. The summed E-state index contributed by atoms with van der Waals surface area (Å²) in [5.41, 5.74) is -0.286. The lowest BCUT2D eigenvalue weighted by atomic mass is 10.0. The van der Waals surface area contributed by atoms with Gasteiger partial charge in [0, 0.05) is 23.9 Å². The van der Waals surface area contributed by atoms with Crippen LogP contribution in [0.1, 0.15) is 36.5 Å². The van der Waals surface area contributed by atoms with E-state index in [1.54, 1.807) is 18.2 Å². The van der Waals surface area contributed by atoms with Gasteiger partial charge in [-0.1, -0.05) is 49.7 Å². The normalized spacial score (nSPS) is 13.3. The van der Waals surface area contributed by atoms with E-state index in [0.29, 0.717) is 17.9 Å². The van der Waals surface area contributed by atoms with E-state index in [4.69, 9.17) is 4.74 Å². The van der Waals surface area contributed by atoms with Gasteiger partial charge < -0.3 is 14.7 Å². The third kappa shape index (κ3) is 8.08. The van der Waals surface area contributed by atoms with Crippen LogP contribution in [-0.2, 0) is 18.9 Å². The second kappa shape index (κ2) is 12.2. The summed E-state index contributed by atoms with van der Waals surface area (Å²) in [6.07, 6.45) is -10.8. The van der Waals surface area contributed by atoms with E-state index in [2.05, 4.69) is 6.92 Å². The zero-order valence-corrected chi connectivity index (χ0v) is 20.9. The first-order valence-corrected chi connectivity index (χ1v) is 12.1. The van der Waals surface area contributed by atoms with Crippen molar-refractivity contribution in [1.29, 1.82) is 0 Å². The Morgan fingerprint density at radius 2 is 1.41 bits per heavy atom. The SMILES string of the molecule is CCCCc1cccc(Oc2cccc(N(Cc3cccc(C(F)(F)C(F)(F)F)c3)CC(O)C(F)(F)F)c2)c1. The molecule has 11 heteroatoms. The van der Waals surface area contributed by atoms with Crippen molar-refractivity contribution in [3.05, 3.63) is 89.5 Å². The Hall–Kier alpha value is -3.34. The lowest BCUT2D eigenvalue weighted by Crippen LogP contribution is -2.41. The number of alkyl halides is 8. The van der Waals surface area contributed by atoms with Crippen LogP contribution in [0.15, 0.2) is 72.8 Å². The Bertz CT molecular complexity index is 1230. The van der Waals surface area contributed by atoms with Gasteiger partial charge >= 0.3 is 18.3 Å². The number of hydrogen-bond acceptors (Lipinski definition) is 3. The van der Waals surface area contributed by atoms with Crippen molar-refractivity contribution in [2.75, 3.05) is 11.4 Å². The van der Waals surface area contributed by atoms with Crippen LogP contribution in [0.2, 0.25) is 0 Å². The van der Waals surface area contributed by atoms with Gasteiger partial charge in [0.2, 0.25) is 0 Å². The Morgan fingerprint density at radius 3 is 2.05 bits per heavy atom. The Kier molecular flexibility index (Phi) is 9.47. The number of aliphatic hydroxyl groups excluding tert-OH is 1. The van der Waals surface area contributed by atoms with Crippen LogP contribution in [0.4, 0.5) is 40.8 Å². The van der Waals surface area contributed by atoms with E-state index in [9.17, 15) is 40.2 Å². The molecule has 212 valence electrons. The van der Waals surface area contributed by atoms with Crippen molar-refractivity contribution in [2.24, 2.45) is 0 Å². The molecule has 1 unspecified atom stereocenters. The van der Waals surface area contributed by atoms with E-state index in [0.717, 1.165) is 35.8 Å². The zero-order chi connectivity index (χ0) is 28.8. The van der Waals surface area contributed by atoms with Crippen LogP contribution in [0.5, 0.6) is 11.5 Å². The molecule has 0 aliphatic rings. The summed E-state index contributed by atoms with van der Waals surface area (Å²) in [5, 5.41) is 9.73. The minimum atomic E-state index is -5.85. The Morgan fingerprint density at radius 1 is 0.795 bits per heavy atom. The van der Waals surface area contributed by atoms with Crippen LogP contribution in [0, 0.1) is 0 Å². The highest BCUT2D eigenvalue weighted by molar-refractivity contribution is 5.52. The average Bonchev–Trinajstić information content (AvgIpc) is 2.86. The third-order valence-electron chi connectivity index (χ3n) is 5.93. The van der Waals surface area contributed by atoms with Crippen LogP contribution in [0.25, 0.3) is 0 Å². The fourth-order valence-corrected chi connectivity index (χ4v) is 3.85. The summed E-state index contributed by atoms with van der Waals surface area (Å²) in [6, 6.07) is 16.5. The van der Waals surface area contributed by atoms with E-state index >= 15 is 0 Å². The van der Waals surface area contributed by atoms with E-state index < -0.39 is 43.0 Å². The monoisotopic (exact) mass is 561 g/mol. The summed E-state index contributed by atoms with van der Waals surface area (Å²) in [7, 11) is 0. The summed E-state index contributed by atoms with van der Waals surface area (Å²) < 4.78 is 112. The van der Waals surface area contributed by atoms with E-state index in [1.807, 2.05) is 12.1 Å². The quantitative estimate of drug-likeness (QED) is 0.239. The Labute approximate surface area is 220 Å². The van der Waals surface area contributed by atoms with Gasteiger partial charge in [0.05, 0.1) is 6.54 Å². The molecule has 0 saturated carbocycles. The molecule has 0 aromatic heterocycles. The molecule has 3 aromatic carbocycles. The number of aryl methyl sites for hydroxylation is 1. The van der Waals surface area contributed by atoms with Crippen molar-refractivity contribution in [3.8, 4) is 11.5 Å². The molecular weight excluding hydrogens is 534 g/mol. The van der Waals surface area contributed by atoms with Crippen molar-refractivity contribution < 1.29 is 45.0 Å². The molecule has 0 aliphatic carbocycles. The minimum Gasteiger partial charge on any atom is -0.457 e. The predicted molar refractivity (Wildman–Crippen MR) is 131 cm³/mol. The summed E-state index contributed by atoms with van der Waals surface area (Å²) in [6.45, 7) is 0.565. The van der Waals surface area contributed by atoms with Crippen molar-refractivity contribution in [3.63, 3.8) is 0 Å². The second-order valence-corrected chi connectivity index (χ2v) is 9.06. The largest absolute Gasteiger partial charge is 0.458 e. The molecule has 0 amide bonds. The molecule has 3 aromatic rings. The number of benzene rings is 3. The van der Waals surface area contributed by atoms with Crippen LogP contribution in [0.3, 0.4) is 0 Å². The lowest BCUT2D eigenvalue weighted by Gasteiger charge is -2.29. The van der Waals surface area contributed by atoms with Gasteiger partial charge in [0.15, 0.2) is 6.10 Å². The number of nitrogens with zero attached hydrogens (tertiary/aromatic N) is 1. The molecule has 1 N–H and O–H groups in total. The number of hydrogen-bond donors (Lipinski definition) is 1. The summed E-state index contributed by atoms with van der Waals surface area (Å²) in [5.74, 6) is -4.41. The first-order valence-electron chi connectivity index (χ1n) is 12.1. The Balaban J connectivity index is 1.91. The lowest BCUT2D eigenvalue weighted by molar-refractivity contribution is -0.289. The fourth-order valence-electron chi connectivity index (χ4n) is 3.85. The maximum Gasteiger partial charge on any atom is 0.458 e. The molecule has 3 nitrogen and oxygen atoms in total. The van der Waals surface area contributed by atoms with Crippen LogP contribution < -0.4 is 9.64 Å². The first-order chi connectivity index (χ1) is 18.2. The van der Waals surface area contributed by atoms with E-state index in [-0.39, 0.29) is 17.0 Å². The molecule has 0 bridgehead atoms. The molecule has 0 aliphatic heterocycles. The standard InChI is InChI=1S/C28H27F8NO2/c1-2-3-7-19-8-5-12-23(15-19)39-24-13-6-11-22(16-24)37(18-25(38)27(31,32)33)17-20-9-4-10-21(14-20)26(29,30)28(34,35)36/h4-6,8-16,25,38H,2-3,7,17-18H2,1H3. The van der Waals surface area contributed by atoms with Crippen molar-refractivity contribution in [1.82, 2.24) is 0 Å².